The van der Waals surface area contributed by atoms with Gasteiger partial charge in [-0.3, -0.25) is 9.59 Å². The number of hydrogen-bond acceptors (Lipinski definition) is 2. The Hall–Kier alpha value is -1.06. The van der Waals surface area contributed by atoms with Gasteiger partial charge < -0.3 is 10.6 Å². The number of likely N-dealkylation sites (tertiary alicyclic amines) is 1. The molecule has 1 heterocycles. The third kappa shape index (κ3) is 8.94. The summed E-state index contributed by atoms with van der Waals surface area (Å²) in [6, 6.07) is 0. The monoisotopic (exact) mass is 284 g/mol. The van der Waals surface area contributed by atoms with E-state index in [0.29, 0.717) is 13.1 Å². The standard InChI is InChI=1S/C8H14N2O2.C8H18/c1-6(11)10-4-2-7(3-5-10)8(9)12;1-3-5-7-8-6-4-2/h7H,2-5H2,1H3,(H2,9,12);3-8H2,1-2H3. The van der Waals surface area contributed by atoms with Crippen LogP contribution in [0.25, 0.3) is 0 Å². The molecule has 4 nitrogen and oxygen atoms in total. The largest absolute Gasteiger partial charge is 0.369 e. The van der Waals surface area contributed by atoms with Gasteiger partial charge in [-0.15, -0.1) is 0 Å². The number of piperidine rings is 1. The minimum atomic E-state index is -0.238. The first kappa shape index (κ1) is 18.9. The highest BCUT2D eigenvalue weighted by atomic mass is 16.2. The van der Waals surface area contributed by atoms with Crippen molar-refractivity contribution in [1.82, 2.24) is 4.90 Å². The topological polar surface area (TPSA) is 63.4 Å². The fraction of sp³-hybridized carbons (Fsp3) is 0.875. The van der Waals surface area contributed by atoms with E-state index in [1.165, 1.54) is 38.5 Å². The van der Waals surface area contributed by atoms with Crippen LogP contribution >= 0.6 is 0 Å². The van der Waals surface area contributed by atoms with Crippen LogP contribution < -0.4 is 5.73 Å². The minimum absolute atomic E-state index is 0.0272. The van der Waals surface area contributed by atoms with Crippen LogP contribution in [0.2, 0.25) is 0 Å². The summed E-state index contributed by atoms with van der Waals surface area (Å²) in [5.41, 5.74) is 5.15. The Balaban J connectivity index is 0.000000396. The SMILES string of the molecule is CC(=O)N1CCC(C(N)=O)CC1.CCCCCCCC. The van der Waals surface area contributed by atoms with Gasteiger partial charge in [-0.1, -0.05) is 52.4 Å². The Bertz CT molecular complexity index is 244. The molecule has 0 bridgehead atoms. The van der Waals surface area contributed by atoms with Crippen LogP contribution in [0.5, 0.6) is 0 Å². The van der Waals surface area contributed by atoms with Crippen molar-refractivity contribution >= 4 is 11.8 Å². The van der Waals surface area contributed by atoms with Gasteiger partial charge in [-0.2, -0.15) is 0 Å². The maximum absolute atomic E-state index is 10.9. The summed E-state index contributed by atoms with van der Waals surface area (Å²) < 4.78 is 0. The van der Waals surface area contributed by atoms with Gasteiger partial charge in [0.1, 0.15) is 0 Å². The quantitative estimate of drug-likeness (QED) is 0.762. The van der Waals surface area contributed by atoms with Crippen LogP contribution in [0.1, 0.15) is 72.1 Å². The van der Waals surface area contributed by atoms with E-state index >= 15 is 0 Å². The van der Waals surface area contributed by atoms with E-state index in [-0.39, 0.29) is 17.7 Å². The van der Waals surface area contributed by atoms with E-state index in [4.69, 9.17) is 5.73 Å². The van der Waals surface area contributed by atoms with E-state index in [1.54, 1.807) is 11.8 Å². The molecule has 1 saturated heterocycles. The Kier molecular flexibility index (Phi) is 11.1. The van der Waals surface area contributed by atoms with E-state index in [0.717, 1.165) is 12.8 Å². The zero-order valence-electron chi connectivity index (χ0n) is 13.5. The first-order valence-electron chi connectivity index (χ1n) is 8.07. The van der Waals surface area contributed by atoms with Crippen molar-refractivity contribution in [2.24, 2.45) is 11.7 Å². The van der Waals surface area contributed by atoms with Crippen molar-refractivity contribution in [3.8, 4) is 0 Å². The number of carbonyl (C=O) groups excluding carboxylic acids is 2. The number of carbonyl (C=O) groups is 2. The van der Waals surface area contributed by atoms with Crippen molar-refractivity contribution in [2.75, 3.05) is 13.1 Å². The normalized spacial score (nSPS) is 15.4. The van der Waals surface area contributed by atoms with Gasteiger partial charge >= 0.3 is 0 Å². The first-order chi connectivity index (χ1) is 9.52. The molecule has 1 rings (SSSR count). The first-order valence-corrected chi connectivity index (χ1v) is 8.07. The van der Waals surface area contributed by atoms with Gasteiger partial charge in [0.15, 0.2) is 0 Å². The van der Waals surface area contributed by atoms with Gasteiger partial charge in [-0.25, -0.2) is 0 Å². The lowest BCUT2D eigenvalue weighted by Gasteiger charge is -2.29. The van der Waals surface area contributed by atoms with Gasteiger partial charge in [0.25, 0.3) is 0 Å². The van der Waals surface area contributed by atoms with Crippen LogP contribution in [0.15, 0.2) is 0 Å². The molecule has 0 spiro atoms. The lowest BCUT2D eigenvalue weighted by Crippen LogP contribution is -2.40. The molecule has 118 valence electrons. The second-order valence-corrected chi connectivity index (χ2v) is 5.60. The minimum Gasteiger partial charge on any atom is -0.369 e. The molecule has 0 aromatic heterocycles. The molecule has 0 saturated carbocycles. The van der Waals surface area contributed by atoms with Crippen molar-refractivity contribution in [2.45, 2.75) is 72.1 Å². The second-order valence-electron chi connectivity index (χ2n) is 5.60. The Labute approximate surface area is 124 Å². The van der Waals surface area contributed by atoms with Crippen LogP contribution in [-0.4, -0.2) is 29.8 Å². The van der Waals surface area contributed by atoms with Crippen molar-refractivity contribution in [3.05, 3.63) is 0 Å². The predicted octanol–water partition coefficient (Wildman–Crippen LogP) is 3.10. The number of nitrogens with two attached hydrogens (primary N) is 1. The molecule has 0 unspecified atom stereocenters. The number of unbranched alkanes of at least 4 members (excludes halogenated alkanes) is 5. The Morgan fingerprint density at radius 1 is 1.00 bits per heavy atom. The Morgan fingerprint density at radius 3 is 1.75 bits per heavy atom. The number of amides is 2. The molecular weight excluding hydrogens is 252 g/mol. The van der Waals surface area contributed by atoms with E-state index in [9.17, 15) is 9.59 Å². The van der Waals surface area contributed by atoms with E-state index < -0.39 is 0 Å². The summed E-state index contributed by atoms with van der Waals surface area (Å²) in [5, 5.41) is 0. The summed E-state index contributed by atoms with van der Waals surface area (Å²) >= 11 is 0. The molecule has 2 N–H and O–H groups in total. The molecule has 0 aromatic rings. The highest BCUT2D eigenvalue weighted by Gasteiger charge is 2.23. The van der Waals surface area contributed by atoms with E-state index in [2.05, 4.69) is 13.8 Å². The third-order valence-electron chi connectivity index (χ3n) is 3.80. The summed E-state index contributed by atoms with van der Waals surface area (Å²) in [4.78, 5) is 23.4. The molecular formula is C16H32N2O2. The van der Waals surface area contributed by atoms with Crippen LogP contribution in [-0.2, 0) is 9.59 Å². The maximum atomic E-state index is 10.9. The van der Waals surface area contributed by atoms with Crippen LogP contribution in [0, 0.1) is 5.92 Å². The fourth-order valence-electron chi connectivity index (χ4n) is 2.33. The van der Waals surface area contributed by atoms with Crippen molar-refractivity contribution < 1.29 is 9.59 Å². The maximum Gasteiger partial charge on any atom is 0.220 e. The van der Waals surface area contributed by atoms with Crippen LogP contribution in [0.4, 0.5) is 0 Å². The van der Waals surface area contributed by atoms with Crippen LogP contribution in [0.3, 0.4) is 0 Å². The smallest absolute Gasteiger partial charge is 0.220 e. The summed E-state index contributed by atoms with van der Waals surface area (Å²) in [6.45, 7) is 7.40. The lowest BCUT2D eigenvalue weighted by molar-refractivity contribution is -0.132. The van der Waals surface area contributed by atoms with Gasteiger partial charge in [0, 0.05) is 25.9 Å². The summed E-state index contributed by atoms with van der Waals surface area (Å²) in [7, 11) is 0. The highest BCUT2D eigenvalue weighted by molar-refractivity contribution is 5.77. The molecule has 2 amide bonds. The average molecular weight is 284 g/mol. The van der Waals surface area contributed by atoms with Crippen molar-refractivity contribution in [3.63, 3.8) is 0 Å². The molecule has 1 aliphatic rings. The molecule has 1 fully saturated rings. The third-order valence-corrected chi connectivity index (χ3v) is 3.80. The Morgan fingerprint density at radius 2 is 1.45 bits per heavy atom. The molecule has 4 heteroatoms. The molecule has 0 aromatic carbocycles. The molecule has 20 heavy (non-hydrogen) atoms. The predicted molar refractivity (Wildman–Crippen MR) is 83.2 cm³/mol. The zero-order chi connectivity index (χ0) is 15.4. The fourth-order valence-corrected chi connectivity index (χ4v) is 2.33. The average Bonchev–Trinajstić information content (AvgIpc) is 2.44. The van der Waals surface area contributed by atoms with Crippen molar-refractivity contribution in [1.29, 1.82) is 0 Å². The number of rotatable bonds is 6. The number of primary amides is 1. The summed E-state index contributed by atoms with van der Waals surface area (Å²) in [5.74, 6) is -0.184. The van der Waals surface area contributed by atoms with Gasteiger partial charge in [0.2, 0.25) is 11.8 Å². The molecule has 0 atom stereocenters. The van der Waals surface area contributed by atoms with E-state index in [1.807, 2.05) is 0 Å². The molecule has 0 radical (unpaired) electrons. The summed E-state index contributed by atoms with van der Waals surface area (Å²) in [6.07, 6.45) is 9.92. The number of nitrogens with zero attached hydrogens (tertiary/aromatic N) is 1. The molecule has 0 aliphatic carbocycles. The second kappa shape index (κ2) is 11.7. The zero-order valence-corrected chi connectivity index (χ0v) is 13.5. The molecule has 1 aliphatic heterocycles. The van der Waals surface area contributed by atoms with Gasteiger partial charge in [0.05, 0.1) is 0 Å². The number of hydrogen-bond donors (Lipinski definition) is 1. The van der Waals surface area contributed by atoms with Gasteiger partial charge in [-0.05, 0) is 12.8 Å². The highest BCUT2D eigenvalue weighted by Crippen LogP contribution is 2.16. The lowest BCUT2D eigenvalue weighted by atomic mass is 9.96.